The number of nitrogens with two attached hydrogens (primary N) is 1. The fourth-order valence-corrected chi connectivity index (χ4v) is 4.98. The number of ether oxygens (including phenoxy) is 2. The van der Waals surface area contributed by atoms with E-state index in [1.165, 1.54) is 48.2 Å². The van der Waals surface area contributed by atoms with Gasteiger partial charge in [-0.15, -0.1) is 24.9 Å². The van der Waals surface area contributed by atoms with Crippen LogP contribution in [0.4, 0.5) is 24.5 Å². The number of primary sulfonamides is 1. The first-order valence-corrected chi connectivity index (χ1v) is 13.3. The molecule has 0 radical (unpaired) electrons. The number of benzene rings is 2. The van der Waals surface area contributed by atoms with Crippen molar-refractivity contribution in [2.45, 2.75) is 28.6 Å². The number of nitrogens with one attached hydrogen (secondary N) is 1. The molecular formula is C21H25F3N4O6S2. The van der Waals surface area contributed by atoms with E-state index in [9.17, 15) is 31.7 Å². The summed E-state index contributed by atoms with van der Waals surface area (Å²) in [5.41, 5.74) is -0.301. The van der Waals surface area contributed by atoms with Gasteiger partial charge in [0.15, 0.2) is 0 Å². The lowest BCUT2D eigenvalue weighted by molar-refractivity contribution is -0.384. The second kappa shape index (κ2) is 12.1. The number of anilines is 1. The van der Waals surface area contributed by atoms with Crippen molar-refractivity contribution in [1.82, 2.24) is 4.90 Å². The summed E-state index contributed by atoms with van der Waals surface area (Å²) in [4.78, 5) is 13.4. The van der Waals surface area contributed by atoms with Gasteiger partial charge in [0.2, 0.25) is 10.0 Å². The van der Waals surface area contributed by atoms with Crippen molar-refractivity contribution < 1.29 is 36.0 Å². The van der Waals surface area contributed by atoms with Crippen LogP contribution in [-0.2, 0) is 14.8 Å². The zero-order valence-electron chi connectivity index (χ0n) is 18.9. The highest BCUT2D eigenvalue weighted by Gasteiger charge is 2.31. The number of halogens is 3. The van der Waals surface area contributed by atoms with Gasteiger partial charge in [-0.05, 0) is 42.8 Å². The van der Waals surface area contributed by atoms with E-state index >= 15 is 0 Å². The molecule has 10 nitrogen and oxygen atoms in total. The first-order chi connectivity index (χ1) is 16.9. The van der Waals surface area contributed by atoms with Crippen molar-refractivity contribution in [3.8, 4) is 5.75 Å². The maximum Gasteiger partial charge on any atom is 0.573 e. The summed E-state index contributed by atoms with van der Waals surface area (Å²) in [6.45, 7) is 3.41. The third kappa shape index (κ3) is 8.81. The van der Waals surface area contributed by atoms with Crippen molar-refractivity contribution in [2.75, 3.05) is 43.9 Å². The Morgan fingerprint density at radius 1 is 1.19 bits per heavy atom. The zero-order chi connectivity index (χ0) is 26.3. The molecule has 36 heavy (non-hydrogen) atoms. The molecular weight excluding hydrogens is 525 g/mol. The quantitative estimate of drug-likeness (QED) is 0.245. The van der Waals surface area contributed by atoms with Crippen LogP contribution in [0.5, 0.6) is 5.75 Å². The summed E-state index contributed by atoms with van der Waals surface area (Å²) in [6, 6.07) is 8.52. The van der Waals surface area contributed by atoms with Gasteiger partial charge in [-0.3, -0.25) is 15.0 Å². The van der Waals surface area contributed by atoms with Crippen molar-refractivity contribution in [3.63, 3.8) is 0 Å². The Morgan fingerprint density at radius 3 is 2.44 bits per heavy atom. The lowest BCUT2D eigenvalue weighted by atomic mass is 10.2. The molecule has 1 saturated heterocycles. The van der Waals surface area contributed by atoms with E-state index in [2.05, 4.69) is 15.0 Å². The summed E-state index contributed by atoms with van der Waals surface area (Å²) in [7, 11) is -4.13. The summed E-state index contributed by atoms with van der Waals surface area (Å²) in [6.07, 6.45) is -4.19. The first kappa shape index (κ1) is 28.0. The van der Waals surface area contributed by atoms with Crippen LogP contribution in [0.15, 0.2) is 52.3 Å². The summed E-state index contributed by atoms with van der Waals surface area (Å²) < 4.78 is 69.6. The first-order valence-electron chi connectivity index (χ1n) is 10.8. The highest BCUT2D eigenvalue weighted by molar-refractivity contribution is 7.99. The molecule has 1 aliphatic heterocycles. The van der Waals surface area contributed by atoms with Gasteiger partial charge < -0.3 is 14.8 Å². The normalized spacial score (nSPS) is 15.9. The van der Waals surface area contributed by atoms with Gasteiger partial charge in [0.1, 0.15) is 11.4 Å². The van der Waals surface area contributed by atoms with E-state index in [4.69, 9.17) is 9.88 Å². The Kier molecular flexibility index (Phi) is 9.41. The average Bonchev–Trinajstić information content (AvgIpc) is 2.80. The summed E-state index contributed by atoms with van der Waals surface area (Å²) in [5.74, 6) is 0.0946. The molecule has 2 aromatic rings. The fraction of sp³-hybridized carbons (Fsp3) is 0.429. The van der Waals surface area contributed by atoms with Gasteiger partial charge in [-0.25, -0.2) is 13.6 Å². The van der Waals surface area contributed by atoms with Crippen LogP contribution in [-0.4, -0.2) is 69.2 Å². The minimum absolute atomic E-state index is 0.133. The lowest BCUT2D eigenvalue weighted by Crippen LogP contribution is -2.39. The molecule has 0 unspecified atom stereocenters. The van der Waals surface area contributed by atoms with Crippen LogP contribution in [0.25, 0.3) is 0 Å². The molecule has 0 bridgehead atoms. The van der Waals surface area contributed by atoms with Gasteiger partial charge in [-0.1, -0.05) is 0 Å². The van der Waals surface area contributed by atoms with Crippen LogP contribution < -0.4 is 15.2 Å². The maximum absolute atomic E-state index is 12.4. The van der Waals surface area contributed by atoms with Crippen molar-refractivity contribution in [1.29, 1.82) is 0 Å². The standard InChI is InChI=1S/C21H25F3N4O6S2/c22-21(23,24)34-16-1-3-17(4-2-16)35-14-15(7-8-27-9-11-33-12-10-27)26-19-6-5-18(36(25,31)32)13-20(19)28(29)30/h1-6,13,15,26H,7-12,14H2,(H2,25,31,32)/t15-/m1/s1. The number of nitrogens with zero attached hydrogens (tertiary/aromatic N) is 2. The van der Waals surface area contributed by atoms with Crippen LogP contribution in [0.1, 0.15) is 6.42 Å². The third-order valence-corrected chi connectivity index (χ3v) is 7.35. The van der Waals surface area contributed by atoms with Gasteiger partial charge in [0.05, 0.1) is 23.0 Å². The van der Waals surface area contributed by atoms with E-state index in [1.807, 2.05) is 0 Å². The SMILES string of the molecule is NS(=O)(=O)c1ccc(N[C@H](CCN2CCOCC2)CSc2ccc(OC(F)(F)F)cc2)c([N+](=O)[O-])c1. The number of thioether (sulfide) groups is 1. The Labute approximate surface area is 210 Å². The third-order valence-electron chi connectivity index (χ3n) is 5.26. The molecule has 0 aliphatic carbocycles. The molecule has 0 aromatic heterocycles. The average molecular weight is 551 g/mol. The highest BCUT2D eigenvalue weighted by atomic mass is 32.2. The molecule has 3 rings (SSSR count). The second-order valence-corrected chi connectivity index (χ2v) is 10.6. The minimum Gasteiger partial charge on any atom is -0.406 e. The van der Waals surface area contributed by atoms with Crippen LogP contribution >= 0.6 is 11.8 Å². The Hall–Kier alpha value is -2.59. The number of rotatable bonds is 11. The summed E-state index contributed by atoms with van der Waals surface area (Å²) in [5, 5.41) is 19.8. The fourth-order valence-electron chi connectivity index (χ4n) is 3.48. The van der Waals surface area contributed by atoms with E-state index in [1.54, 1.807) is 0 Å². The minimum atomic E-state index is -4.78. The molecule has 1 atom stereocenters. The topological polar surface area (TPSA) is 137 Å². The van der Waals surface area contributed by atoms with Crippen molar-refractivity contribution in [2.24, 2.45) is 5.14 Å². The Balaban J connectivity index is 1.74. The molecule has 198 valence electrons. The van der Waals surface area contributed by atoms with Crippen LogP contribution in [0, 0.1) is 10.1 Å². The van der Waals surface area contributed by atoms with E-state index in [0.717, 1.165) is 19.2 Å². The zero-order valence-corrected chi connectivity index (χ0v) is 20.6. The number of nitro benzene ring substituents is 1. The number of alkyl halides is 3. The monoisotopic (exact) mass is 550 g/mol. The number of nitro groups is 1. The molecule has 1 heterocycles. The largest absolute Gasteiger partial charge is 0.573 e. The molecule has 1 fully saturated rings. The van der Waals surface area contributed by atoms with Crippen LogP contribution in [0.2, 0.25) is 0 Å². The molecule has 0 spiro atoms. The second-order valence-electron chi connectivity index (χ2n) is 7.90. The maximum atomic E-state index is 12.4. The van der Waals surface area contributed by atoms with Crippen LogP contribution in [0.3, 0.4) is 0 Å². The van der Waals surface area contributed by atoms with E-state index in [-0.39, 0.29) is 22.4 Å². The van der Waals surface area contributed by atoms with E-state index in [0.29, 0.717) is 36.8 Å². The molecule has 0 saturated carbocycles. The van der Waals surface area contributed by atoms with Gasteiger partial charge in [-0.2, -0.15) is 0 Å². The van der Waals surface area contributed by atoms with Gasteiger partial charge in [0, 0.05) is 42.4 Å². The Bertz CT molecular complexity index is 1140. The van der Waals surface area contributed by atoms with Crippen molar-refractivity contribution in [3.05, 3.63) is 52.6 Å². The van der Waals surface area contributed by atoms with E-state index < -0.39 is 27.0 Å². The lowest BCUT2D eigenvalue weighted by Gasteiger charge is -2.29. The predicted octanol–water partition coefficient (Wildman–Crippen LogP) is 3.44. The molecule has 2 aromatic carbocycles. The van der Waals surface area contributed by atoms with Gasteiger partial charge in [0.25, 0.3) is 5.69 Å². The van der Waals surface area contributed by atoms with Gasteiger partial charge >= 0.3 is 6.36 Å². The number of hydrogen-bond donors (Lipinski definition) is 2. The summed E-state index contributed by atoms with van der Waals surface area (Å²) >= 11 is 1.35. The smallest absolute Gasteiger partial charge is 0.406 e. The number of morpholine rings is 1. The highest BCUT2D eigenvalue weighted by Crippen LogP contribution is 2.30. The molecule has 15 heteroatoms. The number of hydrogen-bond acceptors (Lipinski definition) is 9. The molecule has 3 N–H and O–H groups in total. The Morgan fingerprint density at radius 2 is 1.86 bits per heavy atom. The predicted molar refractivity (Wildman–Crippen MR) is 128 cm³/mol. The molecule has 1 aliphatic rings. The van der Waals surface area contributed by atoms with Crippen molar-refractivity contribution >= 4 is 33.2 Å². The molecule has 0 amide bonds. The number of sulfonamides is 1.